The molecule has 6 nitrogen and oxygen atoms in total. The lowest BCUT2D eigenvalue weighted by Gasteiger charge is -2.06. The number of hydrogen-bond acceptors (Lipinski definition) is 8. The third-order valence-electron chi connectivity index (χ3n) is 3.95. The molecular formula is C18H10O6S3. The Balaban J connectivity index is 2.01. The minimum Gasteiger partial charge on any atom is -0.508 e. The molecular weight excluding hydrogens is 408 g/mol. The molecule has 4 rings (SSSR count). The largest absolute Gasteiger partial charge is 0.508 e. The molecule has 2 heterocycles. The highest BCUT2D eigenvalue weighted by molar-refractivity contribution is 7.91. The van der Waals surface area contributed by atoms with Gasteiger partial charge in [-0.05, 0) is 59.3 Å². The number of fused-ring (bicyclic) bond motifs is 2. The smallest absolute Gasteiger partial charge is 0.251 e. The zero-order valence-electron chi connectivity index (χ0n) is 13.4. The van der Waals surface area contributed by atoms with E-state index in [2.05, 4.69) is 0 Å². The minimum absolute atomic E-state index is 0.0652. The molecule has 0 saturated carbocycles. The van der Waals surface area contributed by atoms with Gasteiger partial charge in [-0.3, -0.25) is 9.59 Å². The number of phenolic OH excluding ortho intramolecular Hbond substituents is 2. The normalized spacial score (nSPS) is 11.9. The van der Waals surface area contributed by atoms with Crippen LogP contribution in [0.1, 0.15) is 0 Å². The molecule has 0 aliphatic rings. The van der Waals surface area contributed by atoms with Crippen molar-refractivity contribution in [2.75, 3.05) is 0 Å². The second-order valence-corrected chi connectivity index (χ2v) is 9.66. The third-order valence-corrected chi connectivity index (χ3v) is 7.96. The number of benzene rings is 2. The molecule has 27 heavy (non-hydrogen) atoms. The molecule has 2 aromatic heterocycles. The van der Waals surface area contributed by atoms with Crippen LogP contribution in [0.3, 0.4) is 0 Å². The lowest BCUT2D eigenvalue weighted by molar-refractivity contribution is 0.475. The van der Waals surface area contributed by atoms with Crippen molar-refractivity contribution in [3.63, 3.8) is 0 Å². The molecule has 9 heteroatoms. The molecule has 0 radical (unpaired) electrons. The highest BCUT2D eigenvalue weighted by atomic mass is 32.2. The topological polar surface area (TPSA) is 109 Å². The van der Waals surface area contributed by atoms with Crippen LogP contribution in [0.15, 0.2) is 67.9 Å². The van der Waals surface area contributed by atoms with Gasteiger partial charge in [-0.15, -0.1) is 0 Å². The third kappa shape index (κ3) is 2.99. The first kappa shape index (κ1) is 17.7. The first-order valence-electron chi connectivity index (χ1n) is 7.54. The van der Waals surface area contributed by atoms with Gasteiger partial charge in [-0.25, -0.2) is 8.42 Å². The molecule has 0 spiro atoms. The summed E-state index contributed by atoms with van der Waals surface area (Å²) < 4.78 is 25.7. The SMILES string of the molecule is O=c1sc2ccc(O)cc2cc1S(=O)(=O)c1cc2cc(O)ccc2sc1=O. The Labute approximate surface area is 160 Å². The van der Waals surface area contributed by atoms with Crippen molar-refractivity contribution in [2.45, 2.75) is 9.79 Å². The quantitative estimate of drug-likeness (QED) is 0.518. The fraction of sp³-hybridized carbons (Fsp3) is 0. The summed E-state index contributed by atoms with van der Waals surface area (Å²) in [5.41, 5.74) is 0. The maximum Gasteiger partial charge on any atom is 0.251 e. The highest BCUT2D eigenvalue weighted by Gasteiger charge is 2.26. The van der Waals surface area contributed by atoms with Crippen LogP contribution < -0.4 is 9.48 Å². The van der Waals surface area contributed by atoms with Crippen molar-refractivity contribution in [1.82, 2.24) is 0 Å². The summed E-state index contributed by atoms with van der Waals surface area (Å²) in [7, 11) is -4.38. The average Bonchev–Trinajstić information content (AvgIpc) is 2.61. The summed E-state index contributed by atoms with van der Waals surface area (Å²) in [6.07, 6.45) is 0. The summed E-state index contributed by atoms with van der Waals surface area (Å²) in [6, 6.07) is 10.9. The fourth-order valence-electron chi connectivity index (χ4n) is 2.68. The van der Waals surface area contributed by atoms with Gasteiger partial charge in [0.25, 0.3) is 9.48 Å². The number of phenols is 2. The van der Waals surface area contributed by atoms with E-state index in [1.54, 1.807) is 0 Å². The predicted molar refractivity (Wildman–Crippen MR) is 105 cm³/mol. The van der Waals surface area contributed by atoms with Gasteiger partial charge in [0.15, 0.2) is 0 Å². The van der Waals surface area contributed by atoms with E-state index < -0.39 is 29.1 Å². The second kappa shape index (κ2) is 6.15. The van der Waals surface area contributed by atoms with E-state index in [4.69, 9.17) is 0 Å². The number of hydrogen-bond donors (Lipinski definition) is 2. The van der Waals surface area contributed by atoms with Crippen LogP contribution in [-0.2, 0) is 9.84 Å². The van der Waals surface area contributed by atoms with Crippen LogP contribution in [-0.4, -0.2) is 18.6 Å². The van der Waals surface area contributed by atoms with Crippen LogP contribution >= 0.6 is 22.7 Å². The van der Waals surface area contributed by atoms with Crippen LogP contribution in [0.5, 0.6) is 11.5 Å². The predicted octanol–water partition coefficient (Wildman–Crippen LogP) is 3.08. The summed E-state index contributed by atoms with van der Waals surface area (Å²) >= 11 is 1.45. The van der Waals surface area contributed by atoms with Crippen LogP contribution in [0.4, 0.5) is 0 Å². The summed E-state index contributed by atoms with van der Waals surface area (Å²) in [6.45, 7) is 0. The monoisotopic (exact) mass is 418 g/mol. The maximum absolute atomic E-state index is 13.0. The van der Waals surface area contributed by atoms with Crippen molar-refractivity contribution in [3.05, 3.63) is 67.6 Å². The van der Waals surface area contributed by atoms with Crippen molar-refractivity contribution < 1.29 is 18.6 Å². The average molecular weight is 418 g/mol. The van der Waals surface area contributed by atoms with Crippen LogP contribution in [0, 0.1) is 0 Å². The van der Waals surface area contributed by atoms with Gasteiger partial charge < -0.3 is 10.2 Å². The number of aromatic hydroxyl groups is 2. The van der Waals surface area contributed by atoms with Crippen LogP contribution in [0.2, 0.25) is 0 Å². The zero-order valence-corrected chi connectivity index (χ0v) is 15.8. The van der Waals surface area contributed by atoms with Crippen molar-refractivity contribution >= 4 is 52.7 Å². The first-order chi connectivity index (χ1) is 12.8. The highest BCUT2D eigenvalue weighted by Crippen LogP contribution is 2.28. The molecule has 136 valence electrons. The number of sulfone groups is 1. The summed E-state index contributed by atoms with van der Waals surface area (Å²) in [4.78, 5) is 23.8. The summed E-state index contributed by atoms with van der Waals surface area (Å²) in [5.74, 6) is -0.130. The summed E-state index contributed by atoms with van der Waals surface area (Å²) in [5, 5.41) is 20.0. The minimum atomic E-state index is -4.38. The van der Waals surface area contributed by atoms with E-state index in [0.717, 1.165) is 22.7 Å². The first-order valence-corrected chi connectivity index (χ1v) is 10.7. The lowest BCUT2D eigenvalue weighted by atomic mass is 10.2. The Morgan fingerprint density at radius 2 is 1.07 bits per heavy atom. The molecule has 0 aliphatic carbocycles. The number of rotatable bonds is 2. The molecule has 0 amide bonds. The Morgan fingerprint density at radius 3 is 1.48 bits per heavy atom. The van der Waals surface area contributed by atoms with E-state index in [9.17, 15) is 28.2 Å². The Hall–Kier alpha value is -2.75. The lowest BCUT2D eigenvalue weighted by Crippen LogP contribution is -2.18. The molecule has 0 unspecified atom stereocenters. The van der Waals surface area contributed by atoms with Crippen LogP contribution in [0.25, 0.3) is 20.2 Å². The van der Waals surface area contributed by atoms with E-state index in [-0.39, 0.29) is 11.5 Å². The van der Waals surface area contributed by atoms with Gasteiger partial charge in [0.1, 0.15) is 21.3 Å². The molecule has 2 aromatic carbocycles. The molecule has 0 saturated heterocycles. The second-order valence-electron chi connectivity index (χ2n) is 5.74. The van der Waals surface area contributed by atoms with Gasteiger partial charge in [0, 0.05) is 9.40 Å². The van der Waals surface area contributed by atoms with E-state index >= 15 is 0 Å². The van der Waals surface area contributed by atoms with Gasteiger partial charge in [0.05, 0.1) is 0 Å². The van der Waals surface area contributed by atoms with E-state index in [0.29, 0.717) is 20.2 Å². The van der Waals surface area contributed by atoms with Crippen molar-refractivity contribution in [1.29, 1.82) is 0 Å². The van der Waals surface area contributed by atoms with E-state index in [1.165, 1.54) is 48.5 Å². The van der Waals surface area contributed by atoms with E-state index in [1.807, 2.05) is 0 Å². The zero-order chi connectivity index (χ0) is 19.3. The Morgan fingerprint density at radius 1 is 0.667 bits per heavy atom. The van der Waals surface area contributed by atoms with Gasteiger partial charge in [-0.1, -0.05) is 22.7 Å². The maximum atomic E-state index is 13.0. The molecule has 0 aliphatic heterocycles. The van der Waals surface area contributed by atoms with Gasteiger partial charge in [-0.2, -0.15) is 0 Å². The molecule has 2 N–H and O–H groups in total. The van der Waals surface area contributed by atoms with Gasteiger partial charge >= 0.3 is 0 Å². The molecule has 4 aromatic rings. The van der Waals surface area contributed by atoms with Crippen molar-refractivity contribution in [3.8, 4) is 11.5 Å². The molecule has 0 fully saturated rings. The fourth-order valence-corrected chi connectivity index (χ4v) is 6.29. The molecule has 0 atom stereocenters. The molecule has 0 bridgehead atoms. The Kier molecular flexibility index (Phi) is 4.02. The Bertz CT molecular complexity index is 1340. The van der Waals surface area contributed by atoms with Crippen molar-refractivity contribution in [2.24, 2.45) is 0 Å². The standard InChI is InChI=1S/C18H10O6S3/c19-11-1-3-13-9(5-11)7-15(17(21)25-13)27(23,24)16-8-10-6-12(20)2-4-14(10)26-18(16)22/h1-8,19-20H. The van der Waals surface area contributed by atoms with Gasteiger partial charge in [0.2, 0.25) is 9.84 Å².